The zero-order valence-electron chi connectivity index (χ0n) is 22.6. The lowest BCUT2D eigenvalue weighted by atomic mass is 9.50. The SMILES string of the molecule is [2H]C1=C2C([2H])([2H])C[C@@H]3[C@H](CC[C@@]4(C)[C@H]3CC([2H])([2H])[C@@]4(C#C)OC(C)=O)[C@@]2([2H])CC([2H])([2H])C1=O. The number of rotatable bonds is 1. The number of carbonyl (C=O) groups excluding carboxylic acids is 2. The van der Waals surface area contributed by atoms with E-state index < -0.39 is 78.0 Å². The molecular weight excluding hydrogens is 312 g/mol. The number of terminal acetylenes is 1. The molecule has 0 saturated heterocycles. The van der Waals surface area contributed by atoms with E-state index in [1.54, 1.807) is 6.92 Å². The van der Waals surface area contributed by atoms with Crippen LogP contribution in [0.3, 0.4) is 0 Å². The van der Waals surface area contributed by atoms with E-state index in [-0.39, 0.29) is 24.8 Å². The van der Waals surface area contributed by atoms with Crippen molar-refractivity contribution in [2.45, 2.75) is 70.7 Å². The Bertz CT molecular complexity index is 1010. The summed E-state index contributed by atoms with van der Waals surface area (Å²) in [5.74, 6) is -2.84. The van der Waals surface area contributed by atoms with Gasteiger partial charge in [0.2, 0.25) is 0 Å². The molecule has 0 bridgehead atoms. The summed E-state index contributed by atoms with van der Waals surface area (Å²) in [6.07, 6.45) is -1.13. The molecule has 0 aromatic heterocycles. The van der Waals surface area contributed by atoms with Gasteiger partial charge in [-0.3, -0.25) is 9.59 Å². The number of fused-ring (bicyclic) bond motifs is 5. The maximum Gasteiger partial charge on any atom is 0.304 e. The molecule has 134 valence electrons. The molecule has 0 unspecified atom stereocenters. The zero-order chi connectivity index (χ0) is 25.0. The first-order valence-corrected chi connectivity index (χ1v) is 8.84. The smallest absolute Gasteiger partial charge is 0.304 e. The van der Waals surface area contributed by atoms with Crippen molar-refractivity contribution in [1.29, 1.82) is 0 Å². The Balaban J connectivity index is 1.88. The first kappa shape index (κ1) is 9.95. The van der Waals surface area contributed by atoms with Crippen LogP contribution in [0, 0.1) is 41.4 Å². The van der Waals surface area contributed by atoms with E-state index in [1.165, 1.54) is 6.92 Å². The van der Waals surface area contributed by atoms with Crippen LogP contribution in [0.1, 0.15) is 76.0 Å². The number of esters is 1. The molecule has 6 atom stereocenters. The van der Waals surface area contributed by atoms with Gasteiger partial charge in [0, 0.05) is 28.3 Å². The topological polar surface area (TPSA) is 43.4 Å². The van der Waals surface area contributed by atoms with Gasteiger partial charge in [0.15, 0.2) is 11.4 Å². The molecule has 4 aliphatic carbocycles. The van der Waals surface area contributed by atoms with Gasteiger partial charge in [0.05, 0.1) is 1.37 Å². The summed E-state index contributed by atoms with van der Waals surface area (Å²) in [6.45, 7) is 2.93. The van der Waals surface area contributed by atoms with Gasteiger partial charge in [-0.05, 0) is 74.5 Å². The molecule has 3 heteroatoms. The first-order chi connectivity index (χ1) is 14.9. The summed E-state index contributed by atoms with van der Waals surface area (Å²) in [7, 11) is 0. The highest BCUT2D eigenvalue weighted by molar-refractivity contribution is 5.91. The number of ketones is 1. The van der Waals surface area contributed by atoms with E-state index in [1.807, 2.05) is 0 Å². The maximum atomic E-state index is 12.4. The molecule has 0 spiro atoms. The predicted octanol–water partition coefficient (Wildman–Crippen LogP) is 4.06. The second kappa shape index (κ2) is 5.73. The number of ether oxygens (including phenoxy) is 1. The highest BCUT2D eigenvalue weighted by Gasteiger charge is 2.64. The van der Waals surface area contributed by atoms with Gasteiger partial charge in [0.25, 0.3) is 0 Å². The minimum absolute atomic E-state index is 0.0904. The Kier molecular flexibility index (Phi) is 2.28. The highest BCUT2D eigenvalue weighted by atomic mass is 16.6. The zero-order valence-corrected chi connectivity index (χ0v) is 14.6. The summed E-state index contributed by atoms with van der Waals surface area (Å²) in [4.78, 5) is 24.4. The quantitative estimate of drug-likeness (QED) is 0.530. The normalized spacial score (nSPS) is 59.6. The molecule has 0 heterocycles. The minimum Gasteiger partial charge on any atom is -0.445 e. The van der Waals surface area contributed by atoms with Crippen LogP contribution >= 0.6 is 0 Å². The Hall–Kier alpha value is -1.56. The molecule has 4 rings (SSSR count). The van der Waals surface area contributed by atoms with Crippen LogP contribution in [0.2, 0.25) is 0 Å². The highest BCUT2D eigenvalue weighted by Crippen LogP contribution is 2.65. The van der Waals surface area contributed by atoms with Gasteiger partial charge in [0.1, 0.15) is 0 Å². The van der Waals surface area contributed by atoms with E-state index in [2.05, 4.69) is 5.92 Å². The summed E-state index contributed by atoms with van der Waals surface area (Å²) in [5.41, 5.74) is -3.12. The molecule has 3 nitrogen and oxygen atoms in total. The third kappa shape index (κ3) is 2.33. The van der Waals surface area contributed by atoms with Crippen molar-refractivity contribution in [3.8, 4) is 12.3 Å². The fourth-order valence-electron chi connectivity index (χ4n) is 5.40. The Morgan fingerprint density at radius 1 is 1.40 bits per heavy atom. The molecule has 25 heavy (non-hydrogen) atoms. The van der Waals surface area contributed by atoms with Crippen molar-refractivity contribution >= 4 is 11.8 Å². The average Bonchev–Trinajstić information content (AvgIpc) is 2.82. The number of carbonyl (C=O) groups is 2. The lowest BCUT2D eigenvalue weighted by Gasteiger charge is -2.55. The van der Waals surface area contributed by atoms with E-state index in [4.69, 9.17) is 20.8 Å². The molecule has 0 amide bonds. The summed E-state index contributed by atoms with van der Waals surface area (Å²) in [6, 6.07) is -0.752. The Morgan fingerprint density at radius 2 is 2.20 bits per heavy atom. The van der Waals surface area contributed by atoms with Gasteiger partial charge in [-0.1, -0.05) is 18.4 Å². The molecule has 3 saturated carbocycles. The van der Waals surface area contributed by atoms with Gasteiger partial charge in [-0.2, -0.15) is 0 Å². The van der Waals surface area contributed by atoms with Crippen LogP contribution in [0.4, 0.5) is 0 Å². The molecule has 3 fully saturated rings. The molecular formula is C22H28O3. The van der Waals surface area contributed by atoms with Crippen molar-refractivity contribution in [3.63, 3.8) is 0 Å². The fraction of sp³-hybridized carbons (Fsp3) is 0.727. The van der Waals surface area contributed by atoms with E-state index in [0.717, 1.165) is 0 Å². The van der Waals surface area contributed by atoms with Crippen molar-refractivity contribution < 1.29 is 25.3 Å². The summed E-state index contributed by atoms with van der Waals surface area (Å²) >= 11 is 0. The molecule has 0 aromatic carbocycles. The third-order valence-electron chi connectivity index (χ3n) is 6.66. The fourth-order valence-corrected chi connectivity index (χ4v) is 5.40. The average molecular weight is 349 g/mol. The van der Waals surface area contributed by atoms with Crippen LogP contribution in [0.25, 0.3) is 0 Å². The van der Waals surface area contributed by atoms with Crippen LogP contribution in [0.15, 0.2) is 11.6 Å². The Morgan fingerprint density at radius 3 is 2.92 bits per heavy atom. The van der Waals surface area contributed by atoms with Gasteiger partial charge >= 0.3 is 5.97 Å². The van der Waals surface area contributed by atoms with E-state index in [9.17, 15) is 11.0 Å². The molecule has 0 aliphatic heterocycles. The standard InChI is InChI=1S/C22H28O3/c1-4-22(25-14(2)23)12-10-20-19-7-5-15-13-16(24)6-8-17(15)18(19)9-11-21(20,22)3/h1,13,17-20H,5-12H2,2-3H3/t17-,18+,19+,20-,21-,22+/m0/s1/i5D2,6D2,12D2,13D,17D. The number of hydrogen-bond acceptors (Lipinski definition) is 3. The molecule has 4 aliphatic rings. The second-order valence-corrected chi connectivity index (χ2v) is 7.72. The third-order valence-corrected chi connectivity index (χ3v) is 6.66. The van der Waals surface area contributed by atoms with Crippen LogP contribution in [-0.2, 0) is 14.3 Å². The Labute approximate surface area is 161 Å². The van der Waals surface area contributed by atoms with Crippen molar-refractivity contribution in [1.82, 2.24) is 0 Å². The predicted molar refractivity (Wildman–Crippen MR) is 95.4 cm³/mol. The van der Waals surface area contributed by atoms with Crippen LogP contribution < -0.4 is 0 Å². The lowest BCUT2D eigenvalue weighted by molar-refractivity contribution is -0.167. The number of allylic oxidation sites excluding steroid dienone is 1. The van der Waals surface area contributed by atoms with E-state index in [0.29, 0.717) is 6.42 Å². The van der Waals surface area contributed by atoms with Crippen molar-refractivity contribution in [2.24, 2.45) is 29.1 Å². The maximum absolute atomic E-state index is 12.4. The lowest BCUT2D eigenvalue weighted by Crippen LogP contribution is -2.53. The molecule has 0 N–H and O–H groups in total. The molecule has 0 radical (unpaired) electrons. The van der Waals surface area contributed by atoms with Gasteiger partial charge in [-0.25, -0.2) is 0 Å². The van der Waals surface area contributed by atoms with Crippen LogP contribution in [-0.4, -0.2) is 17.4 Å². The first-order valence-electron chi connectivity index (χ1n) is 12.8. The van der Waals surface area contributed by atoms with Crippen molar-refractivity contribution in [3.05, 3.63) is 11.6 Å². The monoisotopic (exact) mass is 348 g/mol. The summed E-state index contributed by atoms with van der Waals surface area (Å²) < 4.78 is 74.2. The summed E-state index contributed by atoms with van der Waals surface area (Å²) in [5, 5.41) is 0. The molecule has 0 aromatic rings. The minimum atomic E-state index is -2.45. The van der Waals surface area contributed by atoms with Gasteiger partial charge < -0.3 is 4.74 Å². The number of hydrogen-bond donors (Lipinski definition) is 0. The van der Waals surface area contributed by atoms with E-state index >= 15 is 0 Å². The van der Waals surface area contributed by atoms with Gasteiger partial charge in [-0.15, -0.1) is 6.42 Å². The second-order valence-electron chi connectivity index (χ2n) is 7.72. The largest absolute Gasteiger partial charge is 0.445 e. The van der Waals surface area contributed by atoms with Crippen LogP contribution in [0.5, 0.6) is 0 Å². The van der Waals surface area contributed by atoms with Crippen molar-refractivity contribution in [2.75, 3.05) is 0 Å².